The molecule has 0 aliphatic carbocycles. The molecule has 1 N–H and O–H groups in total. The Morgan fingerprint density at radius 2 is 1.84 bits per heavy atom. The van der Waals surface area contributed by atoms with Gasteiger partial charge in [0.05, 0.1) is 11.9 Å². The molecule has 1 amide bonds. The molecule has 25 heavy (non-hydrogen) atoms. The highest BCUT2D eigenvalue weighted by atomic mass is 35.5. The van der Waals surface area contributed by atoms with Gasteiger partial charge in [-0.25, -0.2) is 17.2 Å². The Bertz CT molecular complexity index is 920. The minimum absolute atomic E-state index is 0.154. The van der Waals surface area contributed by atoms with Gasteiger partial charge >= 0.3 is 0 Å². The molecule has 0 heterocycles. The lowest BCUT2D eigenvalue weighted by atomic mass is 10.2. The molecule has 0 fully saturated rings. The normalized spacial score (nSPS) is 11.2. The second-order valence-corrected chi connectivity index (χ2v) is 7.69. The van der Waals surface area contributed by atoms with E-state index in [2.05, 4.69) is 5.32 Å². The van der Waals surface area contributed by atoms with Gasteiger partial charge in [-0.15, -0.1) is 0 Å². The van der Waals surface area contributed by atoms with Crippen LogP contribution in [-0.4, -0.2) is 27.1 Å². The van der Waals surface area contributed by atoms with Crippen molar-refractivity contribution < 1.29 is 22.0 Å². The zero-order valence-electron chi connectivity index (χ0n) is 13.4. The van der Waals surface area contributed by atoms with Gasteiger partial charge < -0.3 is 5.32 Å². The average molecular weight is 389 g/mol. The number of amides is 1. The molecule has 0 unspecified atom stereocenters. The standard InChI is InChI=1S/C16H15ClF2N2O3S/c1-10-3-4-11(7-13(10)17)20-16(22)9-21(25(2,23)24)12-5-6-14(18)15(19)8-12/h3-8H,9H2,1-2H3,(H,20,22). The van der Waals surface area contributed by atoms with E-state index in [4.69, 9.17) is 11.6 Å². The summed E-state index contributed by atoms with van der Waals surface area (Å²) in [6.45, 7) is 1.19. The van der Waals surface area contributed by atoms with Crippen molar-refractivity contribution in [3.8, 4) is 0 Å². The van der Waals surface area contributed by atoms with Crippen LogP contribution in [-0.2, 0) is 14.8 Å². The van der Waals surface area contributed by atoms with E-state index in [-0.39, 0.29) is 5.69 Å². The van der Waals surface area contributed by atoms with Crippen molar-refractivity contribution in [2.24, 2.45) is 0 Å². The lowest BCUT2D eigenvalue weighted by Gasteiger charge is -2.22. The van der Waals surface area contributed by atoms with Crippen molar-refractivity contribution in [2.45, 2.75) is 6.92 Å². The zero-order chi connectivity index (χ0) is 18.8. The highest BCUT2D eigenvalue weighted by Crippen LogP contribution is 2.22. The minimum atomic E-state index is -3.89. The third-order valence-corrected chi connectivity index (χ3v) is 4.88. The summed E-state index contributed by atoms with van der Waals surface area (Å²) in [7, 11) is -3.89. The number of anilines is 2. The van der Waals surface area contributed by atoms with Gasteiger partial charge in [0.1, 0.15) is 6.54 Å². The van der Waals surface area contributed by atoms with Gasteiger partial charge in [-0.2, -0.15) is 0 Å². The van der Waals surface area contributed by atoms with Gasteiger partial charge in [-0.1, -0.05) is 17.7 Å². The van der Waals surface area contributed by atoms with Crippen LogP contribution >= 0.6 is 11.6 Å². The number of rotatable bonds is 5. The van der Waals surface area contributed by atoms with E-state index in [0.717, 1.165) is 24.0 Å². The minimum Gasteiger partial charge on any atom is -0.324 e. The summed E-state index contributed by atoms with van der Waals surface area (Å²) < 4.78 is 51.0. The van der Waals surface area contributed by atoms with Gasteiger partial charge in [0, 0.05) is 16.8 Å². The molecule has 0 bridgehead atoms. The molecule has 0 saturated heterocycles. The molecule has 0 saturated carbocycles. The summed E-state index contributed by atoms with van der Waals surface area (Å²) in [5.41, 5.74) is 1.05. The Kier molecular flexibility index (Phi) is 5.64. The Morgan fingerprint density at radius 3 is 2.40 bits per heavy atom. The van der Waals surface area contributed by atoms with Crippen LogP contribution in [0.5, 0.6) is 0 Å². The summed E-state index contributed by atoms with van der Waals surface area (Å²) in [6, 6.07) is 7.42. The second kappa shape index (κ2) is 7.37. The predicted octanol–water partition coefficient (Wildman–Crippen LogP) is 3.33. The van der Waals surface area contributed by atoms with Gasteiger partial charge in [0.25, 0.3) is 0 Å². The quantitative estimate of drug-likeness (QED) is 0.854. The Hall–Kier alpha value is -2.19. The molecular weight excluding hydrogens is 374 g/mol. The molecule has 2 rings (SSSR count). The number of hydrogen-bond acceptors (Lipinski definition) is 3. The highest BCUT2D eigenvalue weighted by molar-refractivity contribution is 7.92. The van der Waals surface area contributed by atoms with E-state index in [1.165, 1.54) is 6.07 Å². The van der Waals surface area contributed by atoms with Crippen molar-refractivity contribution in [2.75, 3.05) is 22.4 Å². The van der Waals surface area contributed by atoms with E-state index in [0.29, 0.717) is 21.1 Å². The molecule has 0 aliphatic heterocycles. The highest BCUT2D eigenvalue weighted by Gasteiger charge is 2.22. The van der Waals surface area contributed by atoms with E-state index >= 15 is 0 Å². The van der Waals surface area contributed by atoms with Crippen LogP contribution in [0.3, 0.4) is 0 Å². The van der Waals surface area contributed by atoms with E-state index < -0.39 is 34.1 Å². The van der Waals surface area contributed by atoms with E-state index in [1.54, 1.807) is 19.1 Å². The summed E-state index contributed by atoms with van der Waals surface area (Å²) in [5, 5.41) is 2.95. The predicted molar refractivity (Wildman–Crippen MR) is 93.4 cm³/mol. The van der Waals surface area contributed by atoms with Gasteiger partial charge in [0.15, 0.2) is 11.6 Å². The van der Waals surface area contributed by atoms with Crippen molar-refractivity contribution in [3.05, 3.63) is 58.6 Å². The van der Waals surface area contributed by atoms with Crippen LogP contribution in [0.4, 0.5) is 20.2 Å². The van der Waals surface area contributed by atoms with Crippen LogP contribution < -0.4 is 9.62 Å². The van der Waals surface area contributed by atoms with Gasteiger partial charge in [0.2, 0.25) is 15.9 Å². The molecule has 5 nitrogen and oxygen atoms in total. The maximum absolute atomic E-state index is 13.4. The topological polar surface area (TPSA) is 66.5 Å². The number of hydrogen-bond donors (Lipinski definition) is 1. The van der Waals surface area contributed by atoms with Gasteiger partial charge in [-0.05, 0) is 36.8 Å². The molecular formula is C16H15ClF2N2O3S. The molecule has 0 atom stereocenters. The first kappa shape index (κ1) is 19.1. The fourth-order valence-electron chi connectivity index (χ4n) is 2.04. The van der Waals surface area contributed by atoms with Crippen molar-refractivity contribution >= 4 is 38.9 Å². The van der Waals surface area contributed by atoms with Crippen LogP contribution in [0.2, 0.25) is 5.02 Å². The van der Waals surface area contributed by atoms with Gasteiger partial charge in [-0.3, -0.25) is 9.10 Å². The Labute approximate surface area is 149 Å². The first-order valence-electron chi connectivity index (χ1n) is 7.06. The summed E-state index contributed by atoms with van der Waals surface area (Å²) in [4.78, 5) is 12.2. The van der Waals surface area contributed by atoms with E-state index in [9.17, 15) is 22.0 Å². The van der Waals surface area contributed by atoms with E-state index in [1.807, 2.05) is 0 Å². The number of sulfonamides is 1. The van der Waals surface area contributed by atoms with Crippen LogP contribution in [0.15, 0.2) is 36.4 Å². The third kappa shape index (κ3) is 4.90. The Balaban J connectivity index is 2.23. The first-order chi connectivity index (χ1) is 11.6. The zero-order valence-corrected chi connectivity index (χ0v) is 15.0. The largest absolute Gasteiger partial charge is 0.324 e. The molecule has 0 aliphatic rings. The number of halogens is 3. The van der Waals surface area contributed by atoms with Crippen molar-refractivity contribution in [1.29, 1.82) is 0 Å². The summed E-state index contributed by atoms with van der Waals surface area (Å²) in [5.74, 6) is -2.98. The number of nitrogens with one attached hydrogen (secondary N) is 1. The van der Waals surface area contributed by atoms with Crippen molar-refractivity contribution in [1.82, 2.24) is 0 Å². The molecule has 0 spiro atoms. The lowest BCUT2D eigenvalue weighted by molar-refractivity contribution is -0.114. The average Bonchev–Trinajstić information content (AvgIpc) is 2.50. The molecule has 0 radical (unpaired) electrons. The number of benzene rings is 2. The summed E-state index contributed by atoms with van der Waals surface area (Å²) in [6.07, 6.45) is 0.865. The monoisotopic (exact) mass is 388 g/mol. The fourth-order valence-corrected chi connectivity index (χ4v) is 3.07. The summed E-state index contributed by atoms with van der Waals surface area (Å²) >= 11 is 5.97. The number of carbonyl (C=O) groups excluding carboxylic acids is 1. The molecule has 0 aromatic heterocycles. The fraction of sp³-hybridized carbons (Fsp3) is 0.188. The van der Waals surface area contributed by atoms with Crippen LogP contribution in [0, 0.1) is 18.6 Å². The SMILES string of the molecule is Cc1ccc(NC(=O)CN(c2ccc(F)c(F)c2)S(C)(=O)=O)cc1Cl. The molecule has 2 aromatic carbocycles. The number of aryl methyl sites for hydroxylation is 1. The first-order valence-corrected chi connectivity index (χ1v) is 9.29. The van der Waals surface area contributed by atoms with Crippen LogP contribution in [0.1, 0.15) is 5.56 Å². The molecule has 134 valence electrons. The lowest BCUT2D eigenvalue weighted by Crippen LogP contribution is -2.37. The smallest absolute Gasteiger partial charge is 0.245 e. The second-order valence-electron chi connectivity index (χ2n) is 5.38. The van der Waals surface area contributed by atoms with Crippen molar-refractivity contribution in [3.63, 3.8) is 0 Å². The Morgan fingerprint density at radius 1 is 1.16 bits per heavy atom. The number of carbonyl (C=O) groups is 1. The third-order valence-electron chi connectivity index (χ3n) is 3.33. The number of nitrogens with zero attached hydrogens (tertiary/aromatic N) is 1. The molecule has 2 aromatic rings. The van der Waals surface area contributed by atoms with Crippen LogP contribution in [0.25, 0.3) is 0 Å². The molecule has 9 heteroatoms. The maximum atomic E-state index is 13.4. The maximum Gasteiger partial charge on any atom is 0.245 e.